The van der Waals surface area contributed by atoms with Crippen LogP contribution in [0.25, 0.3) is 5.70 Å². The number of carboxylic acid groups (broad SMARTS) is 1. The number of benzene rings is 1. The second-order valence-corrected chi connectivity index (χ2v) is 7.27. The van der Waals surface area contributed by atoms with Crippen molar-refractivity contribution in [1.82, 2.24) is 5.48 Å². The lowest BCUT2D eigenvalue weighted by Gasteiger charge is -2.34. The highest BCUT2D eigenvalue weighted by atomic mass is 32.2. The minimum atomic E-state index is -1.50. The molecular weight excluding hydrogens is 354 g/mol. The molecule has 0 atom stereocenters. The van der Waals surface area contributed by atoms with Gasteiger partial charge in [-0.1, -0.05) is 25.1 Å². The zero-order valence-corrected chi connectivity index (χ0v) is 16.1. The van der Waals surface area contributed by atoms with Gasteiger partial charge in [0.05, 0.1) is 25.5 Å². The first-order valence-electron chi connectivity index (χ1n) is 8.67. The lowest BCUT2D eigenvalue weighted by Crippen LogP contribution is -2.47. The Labute approximate surface area is 158 Å². The fourth-order valence-electron chi connectivity index (χ4n) is 2.53. The molecule has 0 amide bonds. The first kappa shape index (κ1) is 20.8. The van der Waals surface area contributed by atoms with Crippen molar-refractivity contribution in [3.05, 3.63) is 36.4 Å². The normalized spacial score (nSPS) is 22.8. The van der Waals surface area contributed by atoms with Crippen LogP contribution >= 0.6 is 11.8 Å². The number of hydrogen-bond acceptors (Lipinski definition) is 6. The van der Waals surface area contributed by atoms with Gasteiger partial charge in [0.2, 0.25) is 0 Å². The van der Waals surface area contributed by atoms with Crippen LogP contribution in [-0.4, -0.2) is 42.9 Å². The van der Waals surface area contributed by atoms with Gasteiger partial charge in [-0.05, 0) is 36.8 Å². The van der Waals surface area contributed by atoms with E-state index in [0.717, 1.165) is 30.5 Å². The van der Waals surface area contributed by atoms with E-state index in [-0.39, 0.29) is 5.92 Å². The standard InChI is InChI=1S/C19H27NO5S/c1-14(16-7-9-17(26-3)10-8-16)20-25-11-5-4-6-15-12-23-19(2,18(21)22)24-13-15/h7-10,15,20H,1,4-6,11-13H2,2-3H3,(H,21,22). The van der Waals surface area contributed by atoms with Crippen molar-refractivity contribution in [2.75, 3.05) is 26.1 Å². The maximum atomic E-state index is 11.0. The number of thioether (sulfide) groups is 1. The largest absolute Gasteiger partial charge is 0.477 e. The molecule has 144 valence electrons. The number of unbranched alkanes of at least 4 members (excludes halogenated alkanes) is 1. The van der Waals surface area contributed by atoms with Gasteiger partial charge in [-0.15, -0.1) is 11.8 Å². The Balaban J connectivity index is 1.55. The molecule has 1 saturated heterocycles. The van der Waals surface area contributed by atoms with Gasteiger partial charge in [0.25, 0.3) is 5.79 Å². The van der Waals surface area contributed by atoms with E-state index in [1.807, 2.05) is 18.4 Å². The SMILES string of the molecule is C=C(NOCCCCC1COC(C)(C(=O)O)OC1)c1ccc(SC)cc1. The highest BCUT2D eigenvalue weighted by Gasteiger charge is 2.40. The molecule has 26 heavy (non-hydrogen) atoms. The van der Waals surface area contributed by atoms with E-state index in [1.54, 1.807) is 11.8 Å². The zero-order valence-electron chi connectivity index (χ0n) is 15.3. The molecule has 2 N–H and O–H groups in total. The average Bonchev–Trinajstić information content (AvgIpc) is 2.65. The van der Waals surface area contributed by atoms with E-state index in [1.165, 1.54) is 11.8 Å². The molecular formula is C19H27NO5S. The van der Waals surface area contributed by atoms with Crippen LogP contribution in [0.2, 0.25) is 0 Å². The van der Waals surface area contributed by atoms with Gasteiger partial charge in [-0.3, -0.25) is 10.3 Å². The second kappa shape index (κ2) is 9.97. The van der Waals surface area contributed by atoms with E-state index in [4.69, 9.17) is 19.4 Å². The smallest absolute Gasteiger partial charge is 0.364 e. The number of hydroxylamine groups is 1. The van der Waals surface area contributed by atoms with E-state index in [9.17, 15) is 4.79 Å². The summed E-state index contributed by atoms with van der Waals surface area (Å²) < 4.78 is 10.7. The molecule has 2 rings (SSSR count). The predicted molar refractivity (Wildman–Crippen MR) is 102 cm³/mol. The Hall–Kier alpha value is -1.54. The summed E-state index contributed by atoms with van der Waals surface area (Å²) >= 11 is 1.70. The minimum absolute atomic E-state index is 0.222. The van der Waals surface area contributed by atoms with Gasteiger partial charge in [0, 0.05) is 17.7 Å². The molecule has 1 fully saturated rings. The van der Waals surface area contributed by atoms with Crippen LogP contribution in [0.4, 0.5) is 0 Å². The highest BCUT2D eigenvalue weighted by Crippen LogP contribution is 2.24. The third-order valence-electron chi connectivity index (χ3n) is 4.32. The summed E-state index contributed by atoms with van der Waals surface area (Å²) in [6.07, 6.45) is 4.80. The maximum absolute atomic E-state index is 11.0. The lowest BCUT2D eigenvalue weighted by molar-refractivity contribution is -0.271. The topological polar surface area (TPSA) is 77.0 Å². The van der Waals surface area contributed by atoms with E-state index < -0.39 is 11.8 Å². The lowest BCUT2D eigenvalue weighted by atomic mass is 10.0. The minimum Gasteiger partial charge on any atom is -0.477 e. The van der Waals surface area contributed by atoms with Gasteiger partial charge in [-0.2, -0.15) is 0 Å². The molecule has 1 aromatic rings. The molecule has 0 spiro atoms. The van der Waals surface area contributed by atoms with Crippen LogP contribution in [0, 0.1) is 5.92 Å². The number of ether oxygens (including phenoxy) is 2. The molecule has 1 aromatic carbocycles. The van der Waals surface area contributed by atoms with Crippen molar-refractivity contribution in [3.63, 3.8) is 0 Å². The molecule has 1 aliphatic heterocycles. The van der Waals surface area contributed by atoms with E-state index in [2.05, 4.69) is 24.2 Å². The summed E-state index contributed by atoms with van der Waals surface area (Å²) in [4.78, 5) is 17.7. The molecule has 0 radical (unpaired) electrons. The summed E-state index contributed by atoms with van der Waals surface area (Å²) in [6, 6.07) is 8.13. The van der Waals surface area contributed by atoms with Crippen LogP contribution in [0.15, 0.2) is 35.7 Å². The summed E-state index contributed by atoms with van der Waals surface area (Å²) in [5, 5.41) is 9.03. The Bertz CT molecular complexity index is 596. The third kappa shape index (κ3) is 6.02. The molecule has 0 aromatic heterocycles. The van der Waals surface area contributed by atoms with Gasteiger partial charge < -0.3 is 14.6 Å². The van der Waals surface area contributed by atoms with Gasteiger partial charge in [-0.25, -0.2) is 4.79 Å². The molecule has 6 nitrogen and oxygen atoms in total. The van der Waals surface area contributed by atoms with Crippen LogP contribution in [0.5, 0.6) is 0 Å². The van der Waals surface area contributed by atoms with Crippen molar-refractivity contribution < 1.29 is 24.2 Å². The molecule has 1 aliphatic rings. The van der Waals surface area contributed by atoms with E-state index in [0.29, 0.717) is 19.8 Å². The quantitative estimate of drug-likeness (QED) is 0.365. The molecule has 7 heteroatoms. The Kier molecular flexibility index (Phi) is 7.96. The Morgan fingerprint density at radius 2 is 2.00 bits per heavy atom. The first-order valence-corrected chi connectivity index (χ1v) is 9.89. The molecule has 0 aliphatic carbocycles. The van der Waals surface area contributed by atoms with Crippen LogP contribution in [0.3, 0.4) is 0 Å². The number of nitrogens with one attached hydrogen (secondary N) is 1. The van der Waals surface area contributed by atoms with Crippen LogP contribution in [-0.2, 0) is 19.1 Å². The Morgan fingerprint density at radius 3 is 2.58 bits per heavy atom. The number of carbonyl (C=O) groups is 1. The third-order valence-corrected chi connectivity index (χ3v) is 5.06. The summed E-state index contributed by atoms with van der Waals surface area (Å²) in [6.45, 7) is 6.80. The number of carboxylic acids is 1. The average molecular weight is 381 g/mol. The predicted octanol–water partition coefficient (Wildman–Crippen LogP) is 3.53. The number of hydrogen-bond donors (Lipinski definition) is 2. The summed E-state index contributed by atoms with van der Waals surface area (Å²) in [5.74, 6) is -2.36. The molecule has 1 heterocycles. The number of aliphatic carboxylic acids is 1. The monoisotopic (exact) mass is 381 g/mol. The van der Waals surface area contributed by atoms with Crippen LogP contribution in [0.1, 0.15) is 31.7 Å². The van der Waals surface area contributed by atoms with Crippen molar-refractivity contribution in [1.29, 1.82) is 0 Å². The molecule has 0 saturated carbocycles. The summed E-state index contributed by atoms with van der Waals surface area (Å²) in [5.41, 5.74) is 4.62. The van der Waals surface area contributed by atoms with Crippen molar-refractivity contribution in [2.45, 2.75) is 36.9 Å². The summed E-state index contributed by atoms with van der Waals surface area (Å²) in [7, 11) is 0. The highest BCUT2D eigenvalue weighted by molar-refractivity contribution is 7.98. The van der Waals surface area contributed by atoms with Gasteiger partial charge in [0.1, 0.15) is 0 Å². The zero-order chi connectivity index (χ0) is 19.0. The number of rotatable bonds is 10. The van der Waals surface area contributed by atoms with Gasteiger partial charge >= 0.3 is 5.97 Å². The van der Waals surface area contributed by atoms with Crippen molar-refractivity contribution in [3.8, 4) is 0 Å². The Morgan fingerprint density at radius 1 is 1.35 bits per heavy atom. The van der Waals surface area contributed by atoms with Crippen molar-refractivity contribution >= 4 is 23.4 Å². The molecule has 0 unspecified atom stereocenters. The van der Waals surface area contributed by atoms with Crippen molar-refractivity contribution in [2.24, 2.45) is 5.92 Å². The fraction of sp³-hybridized carbons (Fsp3) is 0.526. The molecule has 0 bridgehead atoms. The van der Waals surface area contributed by atoms with Gasteiger partial charge in [0.15, 0.2) is 0 Å². The fourth-order valence-corrected chi connectivity index (χ4v) is 2.94. The van der Waals surface area contributed by atoms with E-state index >= 15 is 0 Å². The maximum Gasteiger partial charge on any atom is 0.364 e. The van der Waals surface area contributed by atoms with Crippen LogP contribution < -0.4 is 5.48 Å². The second-order valence-electron chi connectivity index (χ2n) is 6.39. The first-order chi connectivity index (χ1) is 12.4.